The summed E-state index contributed by atoms with van der Waals surface area (Å²) in [5, 5.41) is 7.58. The molecule has 2 unspecified atom stereocenters. The van der Waals surface area contributed by atoms with Crippen molar-refractivity contribution in [1.82, 2.24) is 20.6 Å². The van der Waals surface area contributed by atoms with Crippen molar-refractivity contribution in [2.75, 3.05) is 20.8 Å². The number of fused-ring (bicyclic) bond motifs is 1. The summed E-state index contributed by atoms with van der Waals surface area (Å²) in [7, 11) is 3.01. The Morgan fingerprint density at radius 2 is 2.14 bits per heavy atom. The summed E-state index contributed by atoms with van der Waals surface area (Å²) < 4.78 is 24.4. The van der Waals surface area contributed by atoms with Crippen LogP contribution in [0.25, 0.3) is 10.2 Å². The predicted octanol–water partition coefficient (Wildman–Crippen LogP) is 2.74. The lowest BCUT2D eigenvalue weighted by Gasteiger charge is -2.11. The zero-order valence-corrected chi connectivity index (χ0v) is 20.3. The van der Waals surface area contributed by atoms with Gasteiger partial charge in [-0.05, 0) is 48.3 Å². The smallest absolute Gasteiger partial charge is 0.287 e. The highest BCUT2D eigenvalue weighted by Gasteiger charge is 2.29. The minimum absolute atomic E-state index is 0.0391. The first-order chi connectivity index (χ1) is 16.9. The third kappa shape index (κ3) is 5.68. The number of amides is 2. The predicted molar refractivity (Wildman–Crippen MR) is 129 cm³/mol. The lowest BCUT2D eigenvalue weighted by atomic mass is 10.1. The van der Waals surface area contributed by atoms with E-state index in [0.29, 0.717) is 33.9 Å². The fourth-order valence-corrected chi connectivity index (χ4v) is 5.23. The van der Waals surface area contributed by atoms with Crippen LogP contribution in [0.1, 0.15) is 41.0 Å². The summed E-state index contributed by atoms with van der Waals surface area (Å²) in [6.07, 6.45) is 2.60. The average molecular weight is 503 g/mol. The highest BCUT2D eigenvalue weighted by Crippen LogP contribution is 2.31. The molecule has 9 nitrogen and oxygen atoms in total. The van der Waals surface area contributed by atoms with Gasteiger partial charge in [0.25, 0.3) is 11.5 Å². The van der Waals surface area contributed by atoms with E-state index in [2.05, 4.69) is 20.6 Å². The molecule has 0 bridgehead atoms. The topological polar surface area (TPSA) is 122 Å². The van der Waals surface area contributed by atoms with Gasteiger partial charge in [-0.1, -0.05) is 6.07 Å². The molecule has 2 aromatic heterocycles. The molecule has 4 rings (SSSR count). The Balaban J connectivity index is 1.36. The van der Waals surface area contributed by atoms with Gasteiger partial charge in [-0.3, -0.25) is 14.4 Å². The van der Waals surface area contributed by atoms with Crippen molar-refractivity contribution in [2.24, 2.45) is 11.8 Å². The van der Waals surface area contributed by atoms with Crippen molar-refractivity contribution >= 4 is 33.4 Å². The van der Waals surface area contributed by atoms with Crippen LogP contribution in [-0.2, 0) is 22.7 Å². The SMILES string of the molecule is CNC(=O)C1CCC(COCc2csc3nc(C(=O)NCc4ccc(F)c(OC)c4)[nH]c(=O)c23)C1. The molecule has 2 atom stereocenters. The van der Waals surface area contributed by atoms with Gasteiger partial charge in [0.05, 0.1) is 19.1 Å². The molecule has 0 radical (unpaired) electrons. The van der Waals surface area contributed by atoms with Crippen LogP contribution in [0.2, 0.25) is 0 Å². The number of ether oxygens (including phenoxy) is 2. The summed E-state index contributed by atoms with van der Waals surface area (Å²) in [5.74, 6) is -0.633. The first kappa shape index (κ1) is 24.8. The molecule has 2 amide bonds. The number of nitrogens with one attached hydrogen (secondary N) is 3. The van der Waals surface area contributed by atoms with Crippen LogP contribution < -0.4 is 20.9 Å². The second kappa shape index (κ2) is 11.0. The molecule has 0 saturated heterocycles. The van der Waals surface area contributed by atoms with Gasteiger partial charge in [0.2, 0.25) is 11.7 Å². The zero-order chi connectivity index (χ0) is 24.9. The van der Waals surface area contributed by atoms with Crippen molar-refractivity contribution in [3.8, 4) is 5.75 Å². The second-order valence-electron chi connectivity index (χ2n) is 8.51. The van der Waals surface area contributed by atoms with E-state index in [0.717, 1.165) is 19.3 Å². The Bertz CT molecular complexity index is 1290. The van der Waals surface area contributed by atoms with E-state index < -0.39 is 17.3 Å². The Morgan fingerprint density at radius 1 is 1.31 bits per heavy atom. The molecule has 1 aromatic carbocycles. The number of thiophene rings is 1. The highest BCUT2D eigenvalue weighted by atomic mass is 32.1. The molecule has 1 fully saturated rings. The number of aromatic nitrogens is 2. The number of hydrogen-bond acceptors (Lipinski definition) is 7. The minimum atomic E-state index is -0.551. The molecule has 186 valence electrons. The van der Waals surface area contributed by atoms with E-state index in [9.17, 15) is 18.8 Å². The van der Waals surface area contributed by atoms with Crippen molar-refractivity contribution < 1.29 is 23.5 Å². The van der Waals surface area contributed by atoms with Gasteiger partial charge in [0.15, 0.2) is 11.6 Å². The number of rotatable bonds is 9. The number of carbonyl (C=O) groups excluding carboxylic acids is 2. The van der Waals surface area contributed by atoms with Crippen LogP contribution in [0.3, 0.4) is 0 Å². The molecule has 1 saturated carbocycles. The molecule has 2 heterocycles. The summed E-state index contributed by atoms with van der Waals surface area (Å²) in [5.41, 5.74) is 0.938. The minimum Gasteiger partial charge on any atom is -0.494 e. The van der Waals surface area contributed by atoms with Gasteiger partial charge in [-0.15, -0.1) is 11.3 Å². The monoisotopic (exact) mass is 502 g/mol. The van der Waals surface area contributed by atoms with Crippen molar-refractivity contribution in [3.63, 3.8) is 0 Å². The van der Waals surface area contributed by atoms with E-state index in [1.165, 1.54) is 36.6 Å². The molecular weight excluding hydrogens is 475 g/mol. The third-order valence-corrected chi connectivity index (χ3v) is 7.09. The van der Waals surface area contributed by atoms with E-state index in [1.807, 2.05) is 0 Å². The van der Waals surface area contributed by atoms with Crippen LogP contribution in [-0.4, -0.2) is 42.5 Å². The second-order valence-corrected chi connectivity index (χ2v) is 9.37. The highest BCUT2D eigenvalue weighted by molar-refractivity contribution is 7.16. The number of hydrogen-bond donors (Lipinski definition) is 3. The summed E-state index contributed by atoms with van der Waals surface area (Å²) in [6.45, 7) is 0.886. The van der Waals surface area contributed by atoms with E-state index in [-0.39, 0.29) is 36.6 Å². The molecule has 3 N–H and O–H groups in total. The Hall–Kier alpha value is -3.31. The third-order valence-electron chi connectivity index (χ3n) is 6.17. The summed E-state index contributed by atoms with van der Waals surface area (Å²) in [4.78, 5) is 44.4. The lowest BCUT2D eigenvalue weighted by molar-refractivity contribution is -0.124. The first-order valence-corrected chi connectivity index (χ1v) is 12.2. The van der Waals surface area contributed by atoms with Crippen molar-refractivity contribution in [2.45, 2.75) is 32.4 Å². The number of methoxy groups -OCH3 is 1. The van der Waals surface area contributed by atoms with Crippen LogP contribution >= 0.6 is 11.3 Å². The van der Waals surface area contributed by atoms with Crippen LogP contribution in [0.15, 0.2) is 28.4 Å². The van der Waals surface area contributed by atoms with Crippen LogP contribution in [0.4, 0.5) is 4.39 Å². The first-order valence-electron chi connectivity index (χ1n) is 11.3. The van der Waals surface area contributed by atoms with Gasteiger partial charge in [0, 0.05) is 31.7 Å². The van der Waals surface area contributed by atoms with Crippen molar-refractivity contribution in [3.05, 3.63) is 56.7 Å². The number of H-pyrrole nitrogens is 1. The number of halogens is 1. The standard InChI is InChI=1S/C24H27FN4O5S/c1-26-21(30)15-5-3-14(7-15)10-34-11-16-12-35-24-19(16)22(31)28-20(29-24)23(32)27-9-13-4-6-17(25)18(8-13)33-2/h4,6,8,12,14-15H,3,5,7,9-11H2,1-2H3,(H,26,30)(H,27,32)(H,28,29,31). The van der Waals surface area contributed by atoms with E-state index in [4.69, 9.17) is 9.47 Å². The maximum Gasteiger partial charge on any atom is 0.287 e. The Kier molecular flexibility index (Phi) is 7.76. The number of aromatic amines is 1. The molecule has 3 aromatic rings. The van der Waals surface area contributed by atoms with Crippen LogP contribution in [0.5, 0.6) is 5.75 Å². The Labute approximate surface area is 205 Å². The van der Waals surface area contributed by atoms with E-state index in [1.54, 1.807) is 12.4 Å². The summed E-state index contributed by atoms with van der Waals surface area (Å²) >= 11 is 1.27. The maximum atomic E-state index is 13.6. The number of nitrogens with zero attached hydrogens (tertiary/aromatic N) is 1. The average Bonchev–Trinajstić information content (AvgIpc) is 3.50. The van der Waals surface area contributed by atoms with Gasteiger partial charge in [0.1, 0.15) is 4.83 Å². The van der Waals surface area contributed by atoms with Crippen LogP contribution in [0, 0.1) is 17.7 Å². The Morgan fingerprint density at radius 3 is 2.91 bits per heavy atom. The van der Waals surface area contributed by atoms with Gasteiger partial charge in [-0.25, -0.2) is 9.37 Å². The molecular formula is C24H27FN4O5S. The van der Waals surface area contributed by atoms with E-state index >= 15 is 0 Å². The fraction of sp³-hybridized carbons (Fsp3) is 0.417. The molecule has 35 heavy (non-hydrogen) atoms. The normalized spacial score (nSPS) is 17.5. The largest absolute Gasteiger partial charge is 0.494 e. The molecule has 0 spiro atoms. The molecule has 11 heteroatoms. The van der Waals surface area contributed by atoms with Crippen molar-refractivity contribution in [1.29, 1.82) is 0 Å². The summed E-state index contributed by atoms with van der Waals surface area (Å²) in [6, 6.07) is 4.28. The molecule has 0 aliphatic heterocycles. The molecule has 1 aliphatic carbocycles. The fourth-order valence-electron chi connectivity index (χ4n) is 4.30. The zero-order valence-electron chi connectivity index (χ0n) is 19.5. The lowest BCUT2D eigenvalue weighted by Crippen LogP contribution is -2.27. The van der Waals surface area contributed by atoms with Gasteiger partial charge < -0.3 is 25.1 Å². The maximum absolute atomic E-state index is 13.6. The number of carbonyl (C=O) groups is 2. The van der Waals surface area contributed by atoms with Gasteiger partial charge in [-0.2, -0.15) is 0 Å². The quantitative estimate of drug-likeness (QED) is 0.414. The van der Waals surface area contributed by atoms with Gasteiger partial charge >= 0.3 is 0 Å². The number of benzene rings is 1. The molecule has 1 aliphatic rings.